The van der Waals surface area contributed by atoms with Crippen molar-refractivity contribution in [2.24, 2.45) is 0 Å². The van der Waals surface area contributed by atoms with Gasteiger partial charge >= 0.3 is 0 Å². The third-order valence-corrected chi connectivity index (χ3v) is 9.37. The molecule has 0 bridgehead atoms. The smallest absolute Gasteiger partial charge is 0.255 e. The number of H-pyrrole nitrogens is 1. The summed E-state index contributed by atoms with van der Waals surface area (Å²) in [5.41, 5.74) is 3.63. The Morgan fingerprint density at radius 3 is 2.25 bits per heavy atom. The molecule has 0 saturated heterocycles. The number of hydrogen-bond donors (Lipinski definition) is 4. The number of nitrogens with one attached hydrogen (secondary N) is 4. The van der Waals surface area contributed by atoms with Crippen molar-refractivity contribution in [3.8, 4) is 0 Å². The lowest BCUT2D eigenvalue weighted by atomic mass is 10.1. The summed E-state index contributed by atoms with van der Waals surface area (Å²) >= 11 is 4.69. The summed E-state index contributed by atoms with van der Waals surface area (Å²) in [5.74, 6) is 0.236. The molecule has 0 radical (unpaired) electrons. The van der Waals surface area contributed by atoms with Crippen LogP contribution in [0.5, 0.6) is 0 Å². The average molecular weight is 758 g/mol. The number of anilines is 2. The van der Waals surface area contributed by atoms with E-state index in [1.807, 2.05) is 59.1 Å². The molecular weight excluding hydrogens is 712 g/mol. The summed E-state index contributed by atoms with van der Waals surface area (Å²) in [7, 11) is -1.13. The number of amides is 2. The number of hydrogen-bond acceptors (Lipinski definition) is 10. The molecule has 0 saturated carbocycles. The molecule has 5 aromatic heterocycles. The van der Waals surface area contributed by atoms with Crippen LogP contribution in [-0.4, -0.2) is 71.4 Å². The SMILES string of the molecule is CC(C)(C)NC(=O)c1cn(COCC[Si](C)(C)C)c2ncc(Br)nc12.Cc1cc(Nc2cnc3[nH]cc(C(=O)NC(C)(C)C)c3n2)sn1. The van der Waals surface area contributed by atoms with Gasteiger partial charge in [-0.25, -0.2) is 19.9 Å². The van der Waals surface area contributed by atoms with Crippen molar-refractivity contribution in [1.82, 2.24) is 44.5 Å². The molecule has 5 heterocycles. The fraction of sp³-hybridized carbons (Fsp3) is 0.469. The Morgan fingerprint density at radius 1 is 0.979 bits per heavy atom. The van der Waals surface area contributed by atoms with E-state index in [1.165, 1.54) is 11.5 Å². The van der Waals surface area contributed by atoms with Gasteiger partial charge in [0.25, 0.3) is 11.8 Å². The van der Waals surface area contributed by atoms with Crippen molar-refractivity contribution in [3.63, 3.8) is 0 Å². The minimum atomic E-state index is -1.13. The Bertz CT molecular complexity index is 1900. The number of nitrogens with zero attached hydrogens (tertiary/aromatic N) is 6. The first-order valence-electron chi connectivity index (χ1n) is 15.6. The lowest BCUT2D eigenvalue weighted by molar-refractivity contribution is 0.0884. The van der Waals surface area contributed by atoms with Crippen molar-refractivity contribution in [3.05, 3.63) is 52.3 Å². The van der Waals surface area contributed by atoms with Crippen LogP contribution >= 0.6 is 27.5 Å². The number of fused-ring (bicyclic) bond motifs is 2. The third-order valence-electron chi connectivity index (χ3n) is 6.49. The van der Waals surface area contributed by atoms with E-state index >= 15 is 0 Å². The fourth-order valence-corrected chi connectivity index (χ4v) is 6.03. The lowest BCUT2D eigenvalue weighted by Gasteiger charge is -2.20. The van der Waals surface area contributed by atoms with Crippen LogP contribution in [0.4, 0.5) is 10.8 Å². The van der Waals surface area contributed by atoms with Gasteiger partial charge in [0.05, 0.1) is 29.2 Å². The van der Waals surface area contributed by atoms with Gasteiger partial charge in [0, 0.05) is 38.2 Å². The van der Waals surface area contributed by atoms with Gasteiger partial charge in [0.2, 0.25) is 0 Å². The third kappa shape index (κ3) is 10.6. The summed E-state index contributed by atoms with van der Waals surface area (Å²) in [6.07, 6.45) is 6.66. The Labute approximate surface area is 294 Å². The second-order valence-corrected chi connectivity index (χ2v) is 22.0. The van der Waals surface area contributed by atoms with Gasteiger partial charge in [-0.15, -0.1) is 0 Å². The molecule has 48 heavy (non-hydrogen) atoms. The normalized spacial score (nSPS) is 12.1. The highest BCUT2D eigenvalue weighted by Gasteiger charge is 2.23. The van der Waals surface area contributed by atoms with E-state index < -0.39 is 8.07 Å². The average Bonchev–Trinajstić information content (AvgIpc) is 3.65. The van der Waals surface area contributed by atoms with E-state index in [0.717, 1.165) is 16.7 Å². The van der Waals surface area contributed by atoms with E-state index in [4.69, 9.17) is 4.74 Å². The van der Waals surface area contributed by atoms with E-state index in [0.29, 0.717) is 57.2 Å². The molecular formula is C32H45BrN10O3SSi. The van der Waals surface area contributed by atoms with Crippen molar-refractivity contribution < 1.29 is 14.3 Å². The molecule has 0 spiro atoms. The fourth-order valence-electron chi connectivity index (χ4n) is 4.33. The molecule has 4 N–H and O–H groups in total. The molecule has 0 atom stereocenters. The van der Waals surface area contributed by atoms with Gasteiger partial charge in [0.1, 0.15) is 33.2 Å². The van der Waals surface area contributed by atoms with E-state index in [-0.39, 0.29) is 22.9 Å². The van der Waals surface area contributed by atoms with Crippen LogP contribution in [0, 0.1) is 6.92 Å². The Morgan fingerprint density at radius 2 is 1.65 bits per heavy atom. The van der Waals surface area contributed by atoms with Crippen LogP contribution in [-0.2, 0) is 11.5 Å². The zero-order chi connectivity index (χ0) is 35.4. The molecule has 0 aromatic carbocycles. The molecule has 0 aliphatic carbocycles. The predicted molar refractivity (Wildman–Crippen MR) is 198 cm³/mol. The number of rotatable bonds is 9. The number of halogens is 1. The minimum absolute atomic E-state index is 0.161. The van der Waals surface area contributed by atoms with Crippen LogP contribution in [0.15, 0.2) is 35.5 Å². The van der Waals surface area contributed by atoms with Gasteiger partial charge in [-0.3, -0.25) is 9.59 Å². The molecule has 5 rings (SSSR count). The predicted octanol–water partition coefficient (Wildman–Crippen LogP) is 7.03. The molecule has 0 fully saturated rings. The Hall–Kier alpha value is -3.73. The molecule has 258 valence electrons. The maximum Gasteiger partial charge on any atom is 0.255 e. The van der Waals surface area contributed by atoms with Gasteiger partial charge in [-0.1, -0.05) is 19.6 Å². The van der Waals surface area contributed by atoms with Crippen LogP contribution < -0.4 is 16.0 Å². The van der Waals surface area contributed by atoms with Gasteiger partial charge in [0.15, 0.2) is 11.3 Å². The quantitative estimate of drug-likeness (QED) is 0.0913. The number of carbonyl (C=O) groups is 2. The topological polar surface area (TPSA) is 165 Å². The van der Waals surface area contributed by atoms with Crippen molar-refractivity contribution in [1.29, 1.82) is 0 Å². The largest absolute Gasteiger partial charge is 0.361 e. The van der Waals surface area contributed by atoms with Crippen molar-refractivity contribution in [2.45, 2.75) is 92.0 Å². The van der Waals surface area contributed by atoms with Gasteiger partial charge < -0.3 is 30.2 Å². The van der Waals surface area contributed by atoms with Crippen LogP contribution in [0.2, 0.25) is 25.7 Å². The summed E-state index contributed by atoms with van der Waals surface area (Å²) in [5, 5.41) is 9.95. The zero-order valence-electron chi connectivity index (χ0n) is 29.2. The first-order valence-corrected chi connectivity index (χ1v) is 20.8. The van der Waals surface area contributed by atoms with Gasteiger partial charge in [-0.05, 0) is 88.0 Å². The second-order valence-electron chi connectivity index (χ2n) is 14.7. The molecule has 16 heteroatoms. The second kappa shape index (κ2) is 14.8. The highest BCUT2D eigenvalue weighted by atomic mass is 79.9. The Kier molecular flexibility index (Phi) is 11.4. The van der Waals surface area contributed by atoms with Crippen molar-refractivity contribution in [2.75, 3.05) is 11.9 Å². The van der Waals surface area contributed by atoms with Crippen molar-refractivity contribution >= 4 is 80.5 Å². The number of aromatic nitrogens is 7. The van der Waals surface area contributed by atoms with Crippen LogP contribution in [0.1, 0.15) is 68.0 Å². The number of aromatic amines is 1. The number of ether oxygens (including phenoxy) is 1. The minimum Gasteiger partial charge on any atom is -0.361 e. The van der Waals surface area contributed by atoms with E-state index in [2.05, 4.69) is 80.8 Å². The lowest BCUT2D eigenvalue weighted by Crippen LogP contribution is -2.40. The molecule has 5 aromatic rings. The van der Waals surface area contributed by atoms with Crippen LogP contribution in [0.3, 0.4) is 0 Å². The molecule has 2 amide bonds. The molecule has 13 nitrogen and oxygen atoms in total. The maximum absolute atomic E-state index is 12.6. The maximum atomic E-state index is 12.6. The molecule has 0 aliphatic heterocycles. The highest BCUT2D eigenvalue weighted by Crippen LogP contribution is 2.23. The Balaban J connectivity index is 0.000000217. The summed E-state index contributed by atoms with van der Waals surface area (Å²) < 4.78 is 12.5. The monoisotopic (exact) mass is 756 g/mol. The summed E-state index contributed by atoms with van der Waals surface area (Å²) in [4.78, 5) is 45.6. The first-order chi connectivity index (χ1) is 22.3. The van der Waals surface area contributed by atoms with Crippen LogP contribution in [0.25, 0.3) is 22.3 Å². The highest BCUT2D eigenvalue weighted by molar-refractivity contribution is 9.10. The summed E-state index contributed by atoms with van der Waals surface area (Å²) in [6.45, 7) is 21.6. The first kappa shape index (κ1) is 37.1. The molecule has 0 unspecified atom stereocenters. The summed E-state index contributed by atoms with van der Waals surface area (Å²) in [6, 6.07) is 3.03. The number of aryl methyl sites for hydroxylation is 1. The zero-order valence-corrected chi connectivity index (χ0v) is 32.6. The standard InChI is InChI=1S/C17H27BrN4O2Si.C15H18N6OS/c1-17(2,3)21-16(23)12-10-22(11-24-7-8-25(4,5)6)15-14(12)20-13(18)9-19-15;1-8-5-11(23-21-8)18-10-7-17-13-12(19-10)9(6-16-13)14(22)20-15(2,3)4/h9-10H,7-8,11H2,1-6H3,(H,21,23);5-7H,1-4H3,(H,16,17)(H,18,19)(H,20,22). The van der Waals surface area contributed by atoms with Gasteiger partial charge in [-0.2, -0.15) is 4.37 Å². The number of carbonyl (C=O) groups excluding carboxylic acids is 2. The molecule has 0 aliphatic rings. The van der Waals surface area contributed by atoms with E-state index in [9.17, 15) is 9.59 Å². The van der Waals surface area contributed by atoms with E-state index in [1.54, 1.807) is 24.8 Å².